The van der Waals surface area contributed by atoms with Crippen LogP contribution in [0.1, 0.15) is 20.8 Å². The lowest BCUT2D eigenvalue weighted by molar-refractivity contribution is 0.0349. The molecule has 2 nitrogen and oxygen atoms in total. The smallest absolute Gasteiger partial charge is 0.0862 e. The molecular weight excluding hydrogens is 158 g/mol. The number of nitrogens with two attached hydrogens (primary N) is 1. The molecule has 0 aromatic heterocycles. The van der Waals surface area contributed by atoms with Gasteiger partial charge < -0.3 is 10.5 Å². The van der Waals surface area contributed by atoms with Crippen molar-refractivity contribution in [1.82, 2.24) is 0 Å². The molecule has 0 saturated carbocycles. The zero-order valence-corrected chi connectivity index (χ0v) is 8.70. The van der Waals surface area contributed by atoms with Gasteiger partial charge in [0.2, 0.25) is 0 Å². The molecular formula is C8H19NOS. The van der Waals surface area contributed by atoms with E-state index in [0.717, 1.165) is 5.75 Å². The van der Waals surface area contributed by atoms with E-state index >= 15 is 0 Å². The second-order valence-corrected chi connectivity index (χ2v) is 4.78. The van der Waals surface area contributed by atoms with Gasteiger partial charge in [-0.1, -0.05) is 13.8 Å². The van der Waals surface area contributed by atoms with Crippen LogP contribution in [0.4, 0.5) is 0 Å². The monoisotopic (exact) mass is 177 g/mol. The van der Waals surface area contributed by atoms with Gasteiger partial charge >= 0.3 is 0 Å². The summed E-state index contributed by atoms with van der Waals surface area (Å²) < 4.78 is 5.29. The summed E-state index contributed by atoms with van der Waals surface area (Å²) in [4.78, 5) is 0. The van der Waals surface area contributed by atoms with Crippen molar-refractivity contribution in [3.63, 3.8) is 0 Å². The van der Waals surface area contributed by atoms with Gasteiger partial charge in [-0.2, -0.15) is 11.8 Å². The van der Waals surface area contributed by atoms with Gasteiger partial charge in [-0.25, -0.2) is 0 Å². The molecule has 0 radical (unpaired) electrons. The van der Waals surface area contributed by atoms with Crippen LogP contribution in [0.25, 0.3) is 0 Å². The number of thioether (sulfide) groups is 1. The first kappa shape index (κ1) is 11.3. The van der Waals surface area contributed by atoms with Crippen LogP contribution in [0.2, 0.25) is 0 Å². The topological polar surface area (TPSA) is 35.2 Å². The molecule has 0 heterocycles. The zero-order valence-electron chi connectivity index (χ0n) is 7.89. The van der Waals surface area contributed by atoms with Crippen LogP contribution in [0.3, 0.4) is 0 Å². The summed E-state index contributed by atoms with van der Waals surface area (Å²) in [5.74, 6) is 0.970. The van der Waals surface area contributed by atoms with E-state index in [2.05, 4.69) is 13.8 Å². The summed E-state index contributed by atoms with van der Waals surface area (Å²) in [6.45, 7) is 6.99. The van der Waals surface area contributed by atoms with Crippen molar-refractivity contribution >= 4 is 11.8 Å². The molecule has 0 bridgehead atoms. The quantitative estimate of drug-likeness (QED) is 0.691. The normalized spacial score (nSPS) is 16.9. The second-order valence-electron chi connectivity index (χ2n) is 3.22. The summed E-state index contributed by atoms with van der Waals surface area (Å²) in [6.07, 6.45) is 0. The Morgan fingerprint density at radius 3 is 2.36 bits per heavy atom. The molecule has 0 fully saturated rings. The van der Waals surface area contributed by atoms with Gasteiger partial charge in [-0.15, -0.1) is 0 Å². The maximum Gasteiger partial charge on any atom is 0.0862 e. The minimum atomic E-state index is -0.144. The Balaban J connectivity index is 3.69. The van der Waals surface area contributed by atoms with Crippen LogP contribution < -0.4 is 5.73 Å². The minimum Gasteiger partial charge on any atom is -0.376 e. The number of hydrogen-bond donors (Lipinski definition) is 1. The van der Waals surface area contributed by atoms with Crippen molar-refractivity contribution in [2.75, 3.05) is 19.4 Å². The lowest BCUT2D eigenvalue weighted by Gasteiger charge is -2.26. The van der Waals surface area contributed by atoms with Crippen LogP contribution in [-0.4, -0.2) is 30.3 Å². The second kappa shape index (κ2) is 5.01. The van der Waals surface area contributed by atoms with Crippen molar-refractivity contribution in [3.8, 4) is 0 Å². The summed E-state index contributed by atoms with van der Waals surface area (Å²) in [5.41, 5.74) is 5.42. The van der Waals surface area contributed by atoms with E-state index in [1.165, 1.54) is 0 Å². The molecule has 0 aliphatic carbocycles. The summed E-state index contributed by atoms with van der Waals surface area (Å²) in [7, 11) is 1.72. The number of ether oxygens (including phenoxy) is 1. The summed E-state index contributed by atoms with van der Waals surface area (Å²) >= 11 is 1.88. The Morgan fingerprint density at radius 1 is 1.55 bits per heavy atom. The Labute approximate surface area is 73.9 Å². The molecule has 0 aromatic carbocycles. The van der Waals surface area contributed by atoms with Gasteiger partial charge in [0, 0.05) is 19.4 Å². The third-order valence-electron chi connectivity index (χ3n) is 1.65. The largest absolute Gasteiger partial charge is 0.376 e. The lowest BCUT2D eigenvalue weighted by atomic mass is 10.1. The Kier molecular flexibility index (Phi) is 5.13. The molecule has 0 aliphatic rings. The van der Waals surface area contributed by atoms with Gasteiger partial charge in [0.1, 0.15) is 0 Å². The Hall–Kier alpha value is 0.270. The van der Waals surface area contributed by atoms with Crippen molar-refractivity contribution in [2.24, 2.45) is 5.73 Å². The highest BCUT2D eigenvalue weighted by molar-refractivity contribution is 7.99. The van der Waals surface area contributed by atoms with Gasteiger partial charge in [0.15, 0.2) is 0 Å². The molecule has 1 unspecified atom stereocenters. The maximum absolute atomic E-state index is 5.57. The van der Waals surface area contributed by atoms with E-state index in [4.69, 9.17) is 10.5 Å². The molecule has 0 rings (SSSR count). The van der Waals surface area contributed by atoms with Crippen LogP contribution in [0.5, 0.6) is 0 Å². The van der Waals surface area contributed by atoms with E-state index in [1.54, 1.807) is 7.11 Å². The molecule has 0 aromatic rings. The first-order valence-corrected chi connectivity index (χ1v) is 4.96. The zero-order chi connectivity index (χ0) is 8.91. The predicted octanol–water partition coefficient (Wildman–Crippen LogP) is 1.49. The SMILES string of the molecule is COC(C)(CN)CSC(C)C. The highest BCUT2D eigenvalue weighted by Crippen LogP contribution is 2.18. The fraction of sp³-hybridized carbons (Fsp3) is 1.00. The van der Waals surface area contributed by atoms with E-state index < -0.39 is 0 Å². The number of hydrogen-bond acceptors (Lipinski definition) is 3. The van der Waals surface area contributed by atoms with Crippen molar-refractivity contribution in [1.29, 1.82) is 0 Å². The minimum absolute atomic E-state index is 0.144. The first-order valence-electron chi connectivity index (χ1n) is 3.91. The Bertz CT molecular complexity index is 102. The highest BCUT2D eigenvalue weighted by Gasteiger charge is 2.21. The average molecular weight is 177 g/mol. The fourth-order valence-electron chi connectivity index (χ4n) is 0.544. The third-order valence-corrected chi connectivity index (χ3v) is 3.09. The molecule has 0 amide bonds. The van der Waals surface area contributed by atoms with Crippen LogP contribution >= 0.6 is 11.8 Å². The van der Waals surface area contributed by atoms with E-state index in [9.17, 15) is 0 Å². The maximum atomic E-state index is 5.57. The van der Waals surface area contributed by atoms with Crippen molar-refractivity contribution < 1.29 is 4.74 Å². The highest BCUT2D eigenvalue weighted by atomic mass is 32.2. The van der Waals surface area contributed by atoms with Crippen molar-refractivity contribution in [3.05, 3.63) is 0 Å². The summed E-state index contributed by atoms with van der Waals surface area (Å²) in [6, 6.07) is 0. The van der Waals surface area contributed by atoms with Gasteiger partial charge in [0.05, 0.1) is 5.60 Å². The number of rotatable bonds is 5. The fourth-order valence-corrected chi connectivity index (χ4v) is 1.47. The predicted molar refractivity (Wildman–Crippen MR) is 52.1 cm³/mol. The molecule has 0 aliphatic heterocycles. The molecule has 0 spiro atoms. The molecule has 3 heteroatoms. The van der Waals surface area contributed by atoms with Crippen LogP contribution in [0.15, 0.2) is 0 Å². The molecule has 0 saturated heterocycles. The standard InChI is InChI=1S/C8H19NOS/c1-7(2)11-6-8(3,5-9)10-4/h7H,5-6,9H2,1-4H3. The van der Waals surface area contributed by atoms with Crippen LogP contribution in [-0.2, 0) is 4.74 Å². The van der Waals surface area contributed by atoms with Gasteiger partial charge in [0.25, 0.3) is 0 Å². The molecule has 2 N–H and O–H groups in total. The molecule has 68 valence electrons. The van der Waals surface area contributed by atoms with Crippen LogP contribution in [0, 0.1) is 0 Å². The lowest BCUT2D eigenvalue weighted by Crippen LogP contribution is -2.39. The van der Waals surface area contributed by atoms with Crippen molar-refractivity contribution in [2.45, 2.75) is 31.6 Å². The van der Waals surface area contributed by atoms with Gasteiger partial charge in [-0.3, -0.25) is 0 Å². The third kappa shape index (κ3) is 4.67. The summed E-state index contributed by atoms with van der Waals surface area (Å²) in [5, 5.41) is 0.649. The molecule has 11 heavy (non-hydrogen) atoms. The Morgan fingerprint density at radius 2 is 2.09 bits per heavy atom. The van der Waals surface area contributed by atoms with Gasteiger partial charge in [-0.05, 0) is 12.2 Å². The van der Waals surface area contributed by atoms with E-state index in [1.807, 2.05) is 18.7 Å². The number of methoxy groups -OCH3 is 1. The average Bonchev–Trinajstić information content (AvgIpc) is 2.00. The first-order chi connectivity index (χ1) is 5.04. The molecule has 1 atom stereocenters. The van der Waals surface area contributed by atoms with E-state index in [-0.39, 0.29) is 5.60 Å². The van der Waals surface area contributed by atoms with E-state index in [0.29, 0.717) is 11.8 Å².